The lowest BCUT2D eigenvalue weighted by atomic mass is 10.1. The van der Waals surface area contributed by atoms with Gasteiger partial charge >= 0.3 is 0 Å². The summed E-state index contributed by atoms with van der Waals surface area (Å²) in [6.45, 7) is 10.3. The van der Waals surface area contributed by atoms with Crippen LogP contribution in [-0.4, -0.2) is 25.0 Å². The molecule has 2 rings (SSSR count). The molecule has 1 heterocycles. The zero-order valence-corrected chi connectivity index (χ0v) is 17.4. The number of amides is 1. The van der Waals surface area contributed by atoms with Crippen molar-refractivity contribution in [3.63, 3.8) is 0 Å². The van der Waals surface area contributed by atoms with Crippen LogP contribution in [0.25, 0.3) is 0 Å². The van der Waals surface area contributed by atoms with Crippen LogP contribution in [0, 0.1) is 5.92 Å². The first-order valence-electron chi connectivity index (χ1n) is 9.45. The van der Waals surface area contributed by atoms with Crippen LogP contribution in [0.15, 0.2) is 46.8 Å². The van der Waals surface area contributed by atoms with Crippen molar-refractivity contribution in [1.82, 2.24) is 10.6 Å². The molecule has 0 aliphatic rings. The number of hydrogen-bond donors (Lipinski definition) is 3. The van der Waals surface area contributed by atoms with E-state index in [1.54, 1.807) is 11.3 Å². The number of thiophene rings is 1. The Kier molecular flexibility index (Phi) is 8.33. The summed E-state index contributed by atoms with van der Waals surface area (Å²) in [6.07, 6.45) is 0. The minimum absolute atomic E-state index is 0.0271. The molecule has 0 spiro atoms. The first-order valence-corrected chi connectivity index (χ1v) is 10.3. The van der Waals surface area contributed by atoms with E-state index in [9.17, 15) is 4.79 Å². The van der Waals surface area contributed by atoms with E-state index in [1.807, 2.05) is 38.1 Å². The average Bonchev–Trinajstić information content (AvgIpc) is 3.19. The molecule has 1 aromatic carbocycles. The highest BCUT2D eigenvalue weighted by Gasteiger charge is 2.08. The van der Waals surface area contributed by atoms with Gasteiger partial charge < -0.3 is 16.0 Å². The Balaban J connectivity index is 1.90. The smallest absolute Gasteiger partial charge is 0.226 e. The van der Waals surface area contributed by atoms with E-state index in [4.69, 9.17) is 0 Å². The molecule has 1 atom stereocenters. The number of nitrogens with one attached hydrogen (secondary N) is 3. The normalized spacial score (nSPS) is 12.7. The predicted molar refractivity (Wildman–Crippen MR) is 115 cm³/mol. The van der Waals surface area contributed by atoms with Gasteiger partial charge in [-0.25, -0.2) is 4.99 Å². The quantitative estimate of drug-likeness (QED) is 0.470. The molecule has 0 saturated carbocycles. The average molecular weight is 387 g/mol. The molecule has 2 aromatic rings. The Hall–Kier alpha value is -2.34. The maximum Gasteiger partial charge on any atom is 0.226 e. The van der Waals surface area contributed by atoms with Crippen molar-refractivity contribution in [2.45, 2.75) is 40.2 Å². The van der Waals surface area contributed by atoms with E-state index in [1.165, 1.54) is 4.88 Å². The second-order valence-electron chi connectivity index (χ2n) is 6.83. The minimum atomic E-state index is -0.0282. The zero-order valence-electron chi connectivity index (χ0n) is 16.6. The van der Waals surface area contributed by atoms with Crippen LogP contribution in [0.1, 0.15) is 44.1 Å². The van der Waals surface area contributed by atoms with E-state index in [0.29, 0.717) is 12.5 Å². The SMILES string of the molecule is CCNC(=NCc1ccc(NC(=O)C(C)C)cc1)NCC(C)c1cccs1. The predicted octanol–water partition coefficient (Wildman–Crippen LogP) is 4.20. The van der Waals surface area contributed by atoms with Gasteiger partial charge in [-0.05, 0) is 36.1 Å². The van der Waals surface area contributed by atoms with Crippen molar-refractivity contribution in [3.05, 3.63) is 52.2 Å². The Morgan fingerprint density at radius 3 is 2.44 bits per heavy atom. The Morgan fingerprint density at radius 2 is 1.85 bits per heavy atom. The summed E-state index contributed by atoms with van der Waals surface area (Å²) in [4.78, 5) is 17.8. The summed E-state index contributed by atoms with van der Waals surface area (Å²) in [6, 6.07) is 12.1. The van der Waals surface area contributed by atoms with Crippen molar-refractivity contribution in [2.24, 2.45) is 10.9 Å². The molecule has 0 fully saturated rings. The van der Waals surface area contributed by atoms with Crippen molar-refractivity contribution in [1.29, 1.82) is 0 Å². The number of nitrogens with zero attached hydrogens (tertiary/aromatic N) is 1. The monoisotopic (exact) mass is 386 g/mol. The third-order valence-electron chi connectivity index (χ3n) is 4.11. The highest BCUT2D eigenvalue weighted by molar-refractivity contribution is 7.10. The van der Waals surface area contributed by atoms with Crippen molar-refractivity contribution in [2.75, 3.05) is 18.4 Å². The maximum absolute atomic E-state index is 11.7. The number of guanidine groups is 1. The molecular formula is C21H30N4OS. The van der Waals surface area contributed by atoms with Gasteiger partial charge in [0.1, 0.15) is 0 Å². The Bertz CT molecular complexity index is 723. The van der Waals surface area contributed by atoms with Gasteiger partial charge in [-0.2, -0.15) is 0 Å². The maximum atomic E-state index is 11.7. The van der Waals surface area contributed by atoms with Gasteiger partial charge in [0.15, 0.2) is 5.96 Å². The zero-order chi connectivity index (χ0) is 19.6. The van der Waals surface area contributed by atoms with Crippen LogP contribution in [0.2, 0.25) is 0 Å². The molecule has 6 heteroatoms. The molecule has 27 heavy (non-hydrogen) atoms. The third-order valence-corrected chi connectivity index (χ3v) is 5.22. The lowest BCUT2D eigenvalue weighted by Gasteiger charge is -2.15. The van der Waals surface area contributed by atoms with E-state index in [2.05, 4.69) is 52.3 Å². The van der Waals surface area contributed by atoms with E-state index in [-0.39, 0.29) is 11.8 Å². The molecule has 0 radical (unpaired) electrons. The number of aliphatic imine (C=N–C) groups is 1. The highest BCUT2D eigenvalue weighted by atomic mass is 32.1. The van der Waals surface area contributed by atoms with Gasteiger partial charge in [0.2, 0.25) is 5.91 Å². The summed E-state index contributed by atoms with van der Waals surface area (Å²) in [5.74, 6) is 1.26. The number of hydrogen-bond acceptors (Lipinski definition) is 3. The van der Waals surface area contributed by atoms with Gasteiger partial charge in [-0.1, -0.05) is 39.0 Å². The molecule has 0 saturated heterocycles. The largest absolute Gasteiger partial charge is 0.357 e. The lowest BCUT2D eigenvalue weighted by molar-refractivity contribution is -0.118. The van der Waals surface area contributed by atoms with E-state index < -0.39 is 0 Å². The number of rotatable bonds is 8. The molecule has 0 aliphatic heterocycles. The first kappa shape index (κ1) is 21.0. The standard InChI is InChI=1S/C21H30N4OS/c1-5-22-21(23-13-16(4)19-7-6-12-27-19)24-14-17-8-10-18(11-9-17)25-20(26)15(2)3/h6-12,15-16H,5,13-14H2,1-4H3,(H,25,26)(H2,22,23,24). The van der Waals surface area contributed by atoms with Crippen LogP contribution in [-0.2, 0) is 11.3 Å². The van der Waals surface area contributed by atoms with E-state index >= 15 is 0 Å². The highest BCUT2D eigenvalue weighted by Crippen LogP contribution is 2.19. The minimum Gasteiger partial charge on any atom is -0.357 e. The molecule has 3 N–H and O–H groups in total. The van der Waals surface area contributed by atoms with Crippen LogP contribution < -0.4 is 16.0 Å². The molecule has 1 amide bonds. The van der Waals surface area contributed by atoms with Gasteiger partial charge in [0.25, 0.3) is 0 Å². The molecule has 0 bridgehead atoms. The number of carbonyl (C=O) groups excluding carboxylic acids is 1. The topological polar surface area (TPSA) is 65.5 Å². The lowest BCUT2D eigenvalue weighted by Crippen LogP contribution is -2.39. The van der Waals surface area contributed by atoms with E-state index in [0.717, 1.165) is 30.3 Å². The van der Waals surface area contributed by atoms with Crippen LogP contribution in [0.4, 0.5) is 5.69 Å². The second-order valence-corrected chi connectivity index (χ2v) is 7.81. The Morgan fingerprint density at radius 1 is 1.11 bits per heavy atom. The summed E-state index contributed by atoms with van der Waals surface area (Å²) >= 11 is 1.78. The number of anilines is 1. The molecular weight excluding hydrogens is 356 g/mol. The van der Waals surface area contributed by atoms with Crippen molar-refractivity contribution in [3.8, 4) is 0 Å². The van der Waals surface area contributed by atoms with Crippen LogP contribution in [0.3, 0.4) is 0 Å². The van der Waals surface area contributed by atoms with Gasteiger partial charge in [0.05, 0.1) is 6.54 Å². The van der Waals surface area contributed by atoms with Gasteiger partial charge in [-0.3, -0.25) is 4.79 Å². The third kappa shape index (κ3) is 7.06. The summed E-state index contributed by atoms with van der Waals surface area (Å²) in [7, 11) is 0. The summed E-state index contributed by atoms with van der Waals surface area (Å²) in [5.41, 5.74) is 1.91. The van der Waals surface area contributed by atoms with Gasteiger partial charge in [-0.15, -0.1) is 11.3 Å². The molecule has 5 nitrogen and oxygen atoms in total. The molecule has 146 valence electrons. The van der Waals surface area contributed by atoms with Gasteiger partial charge in [0, 0.05) is 35.5 Å². The molecule has 0 aliphatic carbocycles. The first-order chi connectivity index (χ1) is 13.0. The fourth-order valence-corrected chi connectivity index (χ4v) is 3.20. The Labute approximate surface area is 166 Å². The van der Waals surface area contributed by atoms with Crippen LogP contribution >= 0.6 is 11.3 Å². The number of benzene rings is 1. The van der Waals surface area contributed by atoms with Crippen molar-refractivity contribution < 1.29 is 4.79 Å². The fourth-order valence-electron chi connectivity index (χ4n) is 2.41. The summed E-state index contributed by atoms with van der Waals surface area (Å²) < 4.78 is 0. The molecule has 1 aromatic heterocycles. The summed E-state index contributed by atoms with van der Waals surface area (Å²) in [5, 5.41) is 11.7. The second kappa shape index (κ2) is 10.7. The van der Waals surface area contributed by atoms with Crippen LogP contribution in [0.5, 0.6) is 0 Å². The molecule has 1 unspecified atom stereocenters. The van der Waals surface area contributed by atoms with Crippen molar-refractivity contribution >= 4 is 28.9 Å². The number of carbonyl (C=O) groups is 1. The fraction of sp³-hybridized carbons (Fsp3) is 0.429.